The van der Waals surface area contributed by atoms with Gasteiger partial charge in [0.15, 0.2) is 5.76 Å². The minimum atomic E-state index is -1.95. The molecule has 3 rings (SSSR count). The van der Waals surface area contributed by atoms with Crippen LogP contribution in [-0.2, 0) is 14.3 Å². The van der Waals surface area contributed by atoms with Gasteiger partial charge in [-0.2, -0.15) is 0 Å². The molecule has 1 unspecified atom stereocenters. The first kappa shape index (κ1) is 22.4. The van der Waals surface area contributed by atoms with E-state index in [2.05, 4.69) is 10.6 Å². The highest BCUT2D eigenvalue weighted by atomic mass is 19.1. The van der Waals surface area contributed by atoms with Crippen LogP contribution in [0.4, 0.5) is 4.39 Å². The predicted octanol–water partition coefficient (Wildman–Crippen LogP) is 2.32. The van der Waals surface area contributed by atoms with Crippen molar-refractivity contribution in [3.05, 3.63) is 65.3 Å². The second-order valence-electron chi connectivity index (χ2n) is 7.45. The van der Waals surface area contributed by atoms with Gasteiger partial charge in [0.05, 0.1) is 6.61 Å². The van der Waals surface area contributed by atoms with Crippen molar-refractivity contribution in [1.82, 2.24) is 10.6 Å². The van der Waals surface area contributed by atoms with Crippen LogP contribution in [0, 0.1) is 18.7 Å². The number of ether oxygens (including phenoxy) is 2. The molecule has 0 saturated carbocycles. The number of rotatable bonds is 8. The zero-order valence-electron chi connectivity index (χ0n) is 17.1. The third-order valence-electron chi connectivity index (χ3n) is 5.13. The molecule has 2 atom stereocenters. The quantitative estimate of drug-likeness (QED) is 0.463. The van der Waals surface area contributed by atoms with Gasteiger partial charge in [0, 0.05) is 24.7 Å². The van der Waals surface area contributed by atoms with Crippen LogP contribution in [0.2, 0.25) is 0 Å². The van der Waals surface area contributed by atoms with Crippen molar-refractivity contribution >= 4 is 11.9 Å². The highest BCUT2D eigenvalue weighted by molar-refractivity contribution is 5.97. The Bertz CT molecular complexity index is 936. The van der Waals surface area contributed by atoms with Crippen molar-refractivity contribution in [2.45, 2.75) is 25.5 Å². The summed E-state index contributed by atoms with van der Waals surface area (Å²) in [6.45, 7) is 3.53. The number of carboxylic acid groups (broad SMARTS) is 2. The molecule has 1 aromatic rings. The number of carboxylic acids is 2. The van der Waals surface area contributed by atoms with Gasteiger partial charge >= 0.3 is 11.9 Å². The van der Waals surface area contributed by atoms with Crippen LogP contribution in [0.15, 0.2) is 54.0 Å². The van der Waals surface area contributed by atoms with Gasteiger partial charge in [0.25, 0.3) is 5.72 Å². The first-order chi connectivity index (χ1) is 14.8. The lowest BCUT2D eigenvalue weighted by Gasteiger charge is -2.38. The minimum absolute atomic E-state index is 0.0949. The van der Waals surface area contributed by atoms with E-state index < -0.39 is 29.1 Å². The Hall–Kier alpha value is -3.33. The Morgan fingerprint density at radius 1 is 1.35 bits per heavy atom. The lowest BCUT2D eigenvalue weighted by atomic mass is 9.96. The minimum Gasteiger partial charge on any atom is -0.491 e. The Morgan fingerprint density at radius 2 is 2.16 bits per heavy atom. The number of carbonyl (C=O) groups is 2. The second-order valence-corrected chi connectivity index (χ2v) is 7.45. The number of hydrogen-bond donors (Lipinski definition) is 4. The average molecular weight is 432 g/mol. The summed E-state index contributed by atoms with van der Waals surface area (Å²) in [5, 5.41) is 25.2. The summed E-state index contributed by atoms with van der Waals surface area (Å²) in [5.74, 6) is -2.96. The molecule has 0 spiro atoms. The molecule has 9 heteroatoms. The van der Waals surface area contributed by atoms with Crippen LogP contribution >= 0.6 is 0 Å². The largest absolute Gasteiger partial charge is 0.491 e. The fourth-order valence-corrected chi connectivity index (χ4v) is 3.55. The van der Waals surface area contributed by atoms with Crippen LogP contribution in [0.25, 0.3) is 0 Å². The molecular weight excluding hydrogens is 407 g/mol. The number of piperidine rings is 1. The summed E-state index contributed by atoms with van der Waals surface area (Å²) in [6, 6.07) is 3.93. The lowest BCUT2D eigenvalue weighted by molar-refractivity contribution is -0.137. The summed E-state index contributed by atoms with van der Waals surface area (Å²) in [6.07, 6.45) is 7.08. The summed E-state index contributed by atoms with van der Waals surface area (Å²) >= 11 is 0. The fourth-order valence-electron chi connectivity index (χ4n) is 3.55. The second kappa shape index (κ2) is 9.65. The fraction of sp³-hybridized carbons (Fsp3) is 0.364. The summed E-state index contributed by atoms with van der Waals surface area (Å²) in [5.41, 5.74) is -2.25. The number of aryl methyl sites for hydroxylation is 1. The van der Waals surface area contributed by atoms with E-state index in [1.165, 1.54) is 37.4 Å². The highest BCUT2D eigenvalue weighted by Gasteiger charge is 2.47. The van der Waals surface area contributed by atoms with Crippen LogP contribution < -0.4 is 15.4 Å². The molecule has 0 aliphatic carbocycles. The smallest absolute Gasteiger partial charge is 0.338 e. The number of allylic oxidation sites excluding steroid dienone is 2. The van der Waals surface area contributed by atoms with Crippen molar-refractivity contribution in [3.63, 3.8) is 0 Å². The SMILES string of the molecule is Cc1cc(O[C@]2(/C(=C\C(=O)O)C(=O)O)NC=CC=C2OCC2CCCNC2)ccc1F. The molecular formula is C22H25FN2O6. The number of halogens is 1. The molecule has 2 heterocycles. The molecule has 1 fully saturated rings. The van der Waals surface area contributed by atoms with Crippen molar-refractivity contribution in [3.8, 4) is 5.75 Å². The molecule has 1 aromatic carbocycles. The van der Waals surface area contributed by atoms with Crippen molar-refractivity contribution < 1.29 is 33.7 Å². The number of hydrogen-bond acceptors (Lipinski definition) is 6. The Balaban J connectivity index is 2.00. The zero-order valence-corrected chi connectivity index (χ0v) is 17.1. The Morgan fingerprint density at radius 3 is 2.81 bits per heavy atom. The summed E-state index contributed by atoms with van der Waals surface area (Å²) < 4.78 is 25.7. The molecule has 0 aromatic heterocycles. The van der Waals surface area contributed by atoms with Gasteiger partial charge in [-0.15, -0.1) is 0 Å². The molecule has 4 N–H and O–H groups in total. The third kappa shape index (κ3) is 5.24. The van der Waals surface area contributed by atoms with Gasteiger partial charge in [-0.3, -0.25) is 0 Å². The van der Waals surface area contributed by atoms with Crippen molar-refractivity contribution in [2.24, 2.45) is 5.92 Å². The first-order valence-corrected chi connectivity index (χ1v) is 9.94. The van der Waals surface area contributed by atoms with E-state index in [0.29, 0.717) is 12.7 Å². The lowest BCUT2D eigenvalue weighted by Crippen LogP contribution is -2.55. The molecule has 1 saturated heterocycles. The molecule has 0 radical (unpaired) electrons. The first-order valence-electron chi connectivity index (χ1n) is 9.94. The monoisotopic (exact) mass is 432 g/mol. The van der Waals surface area contributed by atoms with Gasteiger partial charge in [0.2, 0.25) is 0 Å². The van der Waals surface area contributed by atoms with Gasteiger partial charge in [-0.1, -0.05) is 0 Å². The van der Waals surface area contributed by atoms with Gasteiger partial charge < -0.3 is 30.3 Å². The topological polar surface area (TPSA) is 117 Å². The zero-order chi connectivity index (χ0) is 22.4. The normalized spacial score (nSPS) is 23.5. The number of aliphatic carboxylic acids is 2. The maximum atomic E-state index is 13.7. The van der Waals surface area contributed by atoms with Gasteiger partial charge in [-0.25, -0.2) is 14.0 Å². The van der Waals surface area contributed by atoms with Gasteiger partial charge in [0.1, 0.15) is 17.1 Å². The number of nitrogens with one attached hydrogen (secondary N) is 2. The van der Waals surface area contributed by atoms with Crippen molar-refractivity contribution in [1.29, 1.82) is 0 Å². The molecule has 166 valence electrons. The third-order valence-corrected chi connectivity index (χ3v) is 5.13. The maximum absolute atomic E-state index is 13.7. The highest BCUT2D eigenvalue weighted by Crippen LogP contribution is 2.34. The van der Waals surface area contributed by atoms with E-state index in [9.17, 15) is 24.2 Å². The van der Waals surface area contributed by atoms with Crippen LogP contribution in [0.3, 0.4) is 0 Å². The van der Waals surface area contributed by atoms with E-state index in [0.717, 1.165) is 25.9 Å². The Kier molecular flexibility index (Phi) is 6.96. The summed E-state index contributed by atoms with van der Waals surface area (Å²) in [4.78, 5) is 23.5. The maximum Gasteiger partial charge on any atom is 0.338 e. The van der Waals surface area contributed by atoms with E-state index >= 15 is 0 Å². The molecule has 2 aliphatic rings. The van der Waals surface area contributed by atoms with E-state index in [1.807, 2.05) is 0 Å². The molecule has 0 amide bonds. The summed E-state index contributed by atoms with van der Waals surface area (Å²) in [7, 11) is 0. The van der Waals surface area contributed by atoms with Crippen LogP contribution in [0.5, 0.6) is 5.75 Å². The van der Waals surface area contributed by atoms with Crippen LogP contribution in [0.1, 0.15) is 18.4 Å². The Labute approximate surface area is 179 Å². The van der Waals surface area contributed by atoms with Gasteiger partial charge in [-0.05, 0) is 62.2 Å². The number of benzene rings is 1. The van der Waals surface area contributed by atoms with E-state index in [-0.39, 0.29) is 23.0 Å². The molecule has 31 heavy (non-hydrogen) atoms. The molecule has 8 nitrogen and oxygen atoms in total. The van der Waals surface area contributed by atoms with Crippen molar-refractivity contribution in [2.75, 3.05) is 19.7 Å². The van der Waals surface area contributed by atoms with Crippen LogP contribution in [-0.4, -0.2) is 47.6 Å². The predicted molar refractivity (Wildman–Crippen MR) is 110 cm³/mol. The van der Waals surface area contributed by atoms with E-state index in [4.69, 9.17) is 9.47 Å². The number of dihydropyridines is 1. The molecule has 2 aliphatic heterocycles. The molecule has 0 bridgehead atoms. The average Bonchev–Trinajstić information content (AvgIpc) is 2.74. The van der Waals surface area contributed by atoms with E-state index in [1.54, 1.807) is 6.08 Å². The standard InChI is InChI=1S/C22H25FN2O6/c1-14-10-16(6-7-18(14)23)31-22(17(21(28)29)11-20(26)27)19(5-3-9-25-22)30-13-15-4-2-8-24-12-15/h3,5-7,9-11,15,24-25H,2,4,8,12-13H2,1H3,(H,26,27)(H,28,29)/b17-11-/t15?,22-/m0/s1.